The minimum atomic E-state index is -0.154. The predicted molar refractivity (Wildman–Crippen MR) is 105 cm³/mol. The molecule has 7 nitrogen and oxygen atoms in total. The van der Waals surface area contributed by atoms with Crippen LogP contribution in [0.5, 0.6) is 11.5 Å². The number of nitrogens with one attached hydrogen (secondary N) is 1. The molecule has 144 valence electrons. The number of fused-ring (bicyclic) bond motifs is 1. The summed E-state index contributed by atoms with van der Waals surface area (Å²) in [6, 6.07) is 12.6. The summed E-state index contributed by atoms with van der Waals surface area (Å²) in [5.41, 5.74) is 1.66. The first-order valence-electron chi connectivity index (χ1n) is 8.49. The molecule has 1 aromatic heterocycles. The average Bonchev–Trinajstić information content (AvgIpc) is 3.35. The molecule has 28 heavy (non-hydrogen) atoms. The Kier molecular flexibility index (Phi) is 5.40. The van der Waals surface area contributed by atoms with Crippen molar-refractivity contribution in [1.82, 2.24) is 15.5 Å². The van der Waals surface area contributed by atoms with Crippen LogP contribution in [0.2, 0.25) is 5.02 Å². The maximum absolute atomic E-state index is 12.2. The van der Waals surface area contributed by atoms with Gasteiger partial charge in [0.15, 0.2) is 11.5 Å². The Hall–Kier alpha value is -2.71. The van der Waals surface area contributed by atoms with Crippen molar-refractivity contribution in [2.75, 3.05) is 12.5 Å². The van der Waals surface area contributed by atoms with Crippen LogP contribution in [0.3, 0.4) is 0 Å². The number of thioether (sulfide) groups is 1. The van der Waals surface area contributed by atoms with Gasteiger partial charge in [0, 0.05) is 10.6 Å². The molecule has 0 saturated heterocycles. The van der Waals surface area contributed by atoms with Gasteiger partial charge in [-0.05, 0) is 42.8 Å². The molecular formula is C19H16ClN3O4S. The van der Waals surface area contributed by atoms with Crippen LogP contribution < -0.4 is 14.8 Å². The van der Waals surface area contributed by atoms with Crippen molar-refractivity contribution in [3.63, 3.8) is 0 Å². The number of aromatic nitrogens is 2. The molecule has 0 saturated carbocycles. The van der Waals surface area contributed by atoms with Gasteiger partial charge in [-0.3, -0.25) is 4.79 Å². The van der Waals surface area contributed by atoms with Crippen molar-refractivity contribution in [2.24, 2.45) is 0 Å². The number of nitrogens with zero attached hydrogens (tertiary/aromatic N) is 2. The lowest BCUT2D eigenvalue weighted by molar-refractivity contribution is -0.119. The van der Waals surface area contributed by atoms with Gasteiger partial charge in [-0.15, -0.1) is 10.2 Å². The van der Waals surface area contributed by atoms with Crippen molar-refractivity contribution in [3.05, 3.63) is 53.1 Å². The molecule has 1 aliphatic rings. The zero-order chi connectivity index (χ0) is 19.5. The first kappa shape index (κ1) is 18.6. The van der Waals surface area contributed by atoms with E-state index in [0.29, 0.717) is 27.6 Å². The van der Waals surface area contributed by atoms with E-state index in [-0.39, 0.29) is 24.5 Å². The summed E-state index contributed by atoms with van der Waals surface area (Å²) in [4.78, 5) is 12.2. The quantitative estimate of drug-likeness (QED) is 0.604. The summed E-state index contributed by atoms with van der Waals surface area (Å²) >= 11 is 7.17. The van der Waals surface area contributed by atoms with E-state index in [1.54, 1.807) is 18.2 Å². The van der Waals surface area contributed by atoms with E-state index in [1.165, 1.54) is 11.8 Å². The fourth-order valence-corrected chi connectivity index (χ4v) is 3.46. The molecule has 0 bridgehead atoms. The van der Waals surface area contributed by atoms with E-state index < -0.39 is 0 Å². The monoisotopic (exact) mass is 417 g/mol. The minimum Gasteiger partial charge on any atom is -0.454 e. The normalized spacial score (nSPS) is 13.4. The van der Waals surface area contributed by atoms with Crippen LogP contribution in [0.15, 0.2) is 52.1 Å². The molecule has 0 fully saturated rings. The largest absolute Gasteiger partial charge is 0.454 e. The third-order valence-electron chi connectivity index (χ3n) is 4.08. The second-order valence-electron chi connectivity index (χ2n) is 6.07. The van der Waals surface area contributed by atoms with Gasteiger partial charge >= 0.3 is 0 Å². The van der Waals surface area contributed by atoms with Crippen LogP contribution in [0.25, 0.3) is 11.5 Å². The van der Waals surface area contributed by atoms with Crippen LogP contribution in [0.1, 0.15) is 18.5 Å². The summed E-state index contributed by atoms with van der Waals surface area (Å²) in [7, 11) is 0. The number of rotatable bonds is 6. The number of halogens is 1. The summed E-state index contributed by atoms with van der Waals surface area (Å²) in [5, 5.41) is 11.9. The Bertz CT molecular complexity index is 1010. The molecule has 2 aromatic carbocycles. The van der Waals surface area contributed by atoms with Crippen molar-refractivity contribution >= 4 is 29.3 Å². The van der Waals surface area contributed by atoms with Gasteiger partial charge in [-0.2, -0.15) is 0 Å². The molecule has 1 unspecified atom stereocenters. The van der Waals surface area contributed by atoms with Crippen molar-refractivity contribution < 1.29 is 18.7 Å². The van der Waals surface area contributed by atoms with E-state index in [1.807, 2.05) is 31.2 Å². The van der Waals surface area contributed by atoms with Gasteiger partial charge in [0.05, 0.1) is 11.8 Å². The Morgan fingerprint density at radius 3 is 2.93 bits per heavy atom. The molecule has 1 N–H and O–H groups in total. The highest BCUT2D eigenvalue weighted by atomic mass is 35.5. The standard InChI is InChI=1S/C19H16ClN3O4S/c1-11(12-3-2-4-14(20)7-12)21-17(24)9-28-19-23-22-18(27-19)13-5-6-15-16(8-13)26-10-25-15/h2-8,11H,9-10H2,1H3,(H,21,24). The zero-order valence-electron chi connectivity index (χ0n) is 14.8. The SMILES string of the molecule is CC(NC(=O)CSc1nnc(-c2ccc3c(c2)OCO3)o1)c1cccc(Cl)c1. The highest BCUT2D eigenvalue weighted by Crippen LogP contribution is 2.36. The zero-order valence-corrected chi connectivity index (χ0v) is 16.4. The van der Waals surface area contributed by atoms with Gasteiger partial charge in [-0.25, -0.2) is 0 Å². The highest BCUT2D eigenvalue weighted by Gasteiger charge is 2.17. The molecule has 9 heteroatoms. The first-order valence-corrected chi connectivity index (χ1v) is 9.86. The average molecular weight is 418 g/mol. The summed E-state index contributed by atoms with van der Waals surface area (Å²) in [6.07, 6.45) is 0. The van der Waals surface area contributed by atoms with Crippen molar-refractivity contribution in [1.29, 1.82) is 0 Å². The van der Waals surface area contributed by atoms with E-state index in [4.69, 9.17) is 25.5 Å². The molecule has 1 aliphatic heterocycles. The maximum atomic E-state index is 12.2. The number of hydrogen-bond donors (Lipinski definition) is 1. The maximum Gasteiger partial charge on any atom is 0.277 e. The summed E-state index contributed by atoms with van der Waals surface area (Å²) in [5.74, 6) is 1.70. The lowest BCUT2D eigenvalue weighted by Crippen LogP contribution is -2.28. The number of carbonyl (C=O) groups excluding carboxylic acids is 1. The van der Waals surface area contributed by atoms with E-state index >= 15 is 0 Å². The van der Waals surface area contributed by atoms with Crippen molar-refractivity contribution in [2.45, 2.75) is 18.2 Å². The lowest BCUT2D eigenvalue weighted by Gasteiger charge is -2.14. The number of ether oxygens (including phenoxy) is 2. The highest BCUT2D eigenvalue weighted by molar-refractivity contribution is 7.99. The summed E-state index contributed by atoms with van der Waals surface area (Å²) < 4.78 is 16.3. The molecule has 4 rings (SSSR count). The molecule has 0 spiro atoms. The number of benzene rings is 2. The lowest BCUT2D eigenvalue weighted by atomic mass is 10.1. The third-order valence-corrected chi connectivity index (χ3v) is 5.13. The minimum absolute atomic E-state index is 0.139. The van der Waals surface area contributed by atoms with Crippen molar-refractivity contribution in [3.8, 4) is 23.0 Å². The van der Waals surface area contributed by atoms with Crippen LogP contribution >= 0.6 is 23.4 Å². The second-order valence-corrected chi connectivity index (χ2v) is 7.44. The van der Waals surface area contributed by atoms with Crippen LogP contribution in [0, 0.1) is 0 Å². The predicted octanol–water partition coefficient (Wildman–Crippen LogP) is 4.09. The molecular weight excluding hydrogens is 402 g/mol. The van der Waals surface area contributed by atoms with Crippen LogP contribution in [-0.2, 0) is 4.79 Å². The van der Waals surface area contributed by atoms with Gasteiger partial charge < -0.3 is 19.2 Å². The molecule has 0 aliphatic carbocycles. The van der Waals surface area contributed by atoms with Gasteiger partial charge in [-0.1, -0.05) is 35.5 Å². The van der Waals surface area contributed by atoms with Gasteiger partial charge in [0.2, 0.25) is 18.6 Å². The Morgan fingerprint density at radius 1 is 1.21 bits per heavy atom. The second kappa shape index (κ2) is 8.12. The topological polar surface area (TPSA) is 86.5 Å². The van der Waals surface area contributed by atoms with Crippen LogP contribution in [0.4, 0.5) is 0 Å². The molecule has 1 amide bonds. The Labute approximate surface area is 170 Å². The molecule has 2 heterocycles. The number of amides is 1. The number of hydrogen-bond acceptors (Lipinski definition) is 7. The first-order chi connectivity index (χ1) is 13.6. The third kappa shape index (κ3) is 4.23. The van der Waals surface area contributed by atoms with Gasteiger partial charge in [0.1, 0.15) is 0 Å². The fourth-order valence-electron chi connectivity index (χ4n) is 2.68. The van der Waals surface area contributed by atoms with Gasteiger partial charge in [0.25, 0.3) is 5.22 Å². The molecule has 0 radical (unpaired) electrons. The van der Waals surface area contributed by atoms with E-state index in [2.05, 4.69) is 15.5 Å². The molecule has 1 atom stereocenters. The van der Waals surface area contributed by atoms with E-state index in [9.17, 15) is 4.79 Å². The van der Waals surface area contributed by atoms with Crippen LogP contribution in [-0.4, -0.2) is 28.7 Å². The number of carbonyl (C=O) groups is 1. The Morgan fingerprint density at radius 2 is 2.07 bits per heavy atom. The summed E-state index contributed by atoms with van der Waals surface area (Å²) in [6.45, 7) is 2.10. The molecule has 3 aromatic rings. The fraction of sp³-hybridized carbons (Fsp3) is 0.211. The smallest absolute Gasteiger partial charge is 0.277 e. The van der Waals surface area contributed by atoms with E-state index in [0.717, 1.165) is 11.1 Å². The Balaban J connectivity index is 1.33.